The second kappa shape index (κ2) is 3.81. The third-order valence-electron chi connectivity index (χ3n) is 0.468. The highest BCUT2D eigenvalue weighted by Crippen LogP contribution is 1.79. The van der Waals surface area contributed by atoms with E-state index in [2.05, 4.69) is 0 Å². The van der Waals surface area contributed by atoms with Gasteiger partial charge in [0.2, 0.25) is 6.10 Å². The van der Waals surface area contributed by atoms with Crippen molar-refractivity contribution < 1.29 is 24.9 Å². The molecule has 0 aliphatic rings. The van der Waals surface area contributed by atoms with Crippen molar-refractivity contribution in [2.75, 3.05) is 0 Å². The Morgan fingerprint density at radius 3 is 1.33 bits per heavy atom. The van der Waals surface area contributed by atoms with Crippen LogP contribution in [0.25, 0.3) is 0 Å². The lowest BCUT2D eigenvalue weighted by Crippen LogP contribution is -2.28. The maximum Gasteiger partial charge on any atom is 0.344 e. The molecule has 0 atom stereocenters. The smallest absolute Gasteiger partial charge is 0.344 e. The van der Waals surface area contributed by atoms with Gasteiger partial charge < -0.3 is 21.5 Å². The third kappa shape index (κ3) is 3.44. The zero-order valence-corrected chi connectivity index (χ0v) is 4.44. The molecule has 0 spiro atoms. The Bertz CT molecular complexity index is 107. The first kappa shape index (κ1) is 10.8. The van der Waals surface area contributed by atoms with E-state index in [-0.39, 0.29) is 6.15 Å². The molecule has 54 valence electrons. The van der Waals surface area contributed by atoms with E-state index in [0.29, 0.717) is 0 Å². The Hall–Kier alpha value is -1.14. The molecule has 0 saturated carbocycles. The largest absolute Gasteiger partial charge is 0.479 e. The van der Waals surface area contributed by atoms with Gasteiger partial charge in [-0.3, -0.25) is 0 Å². The van der Waals surface area contributed by atoms with Crippen molar-refractivity contribution in [2.24, 2.45) is 0 Å². The standard InChI is InChI=1S/C3H4O5.H3N/c4-1(2(5)6)3(7)8;/h1,4H,(H,5,6)(H,7,8);1H3. The van der Waals surface area contributed by atoms with Crippen LogP contribution >= 0.6 is 0 Å². The van der Waals surface area contributed by atoms with Crippen LogP contribution in [0.3, 0.4) is 0 Å². The second-order valence-corrected chi connectivity index (χ2v) is 1.08. The van der Waals surface area contributed by atoms with Crippen molar-refractivity contribution in [2.45, 2.75) is 6.10 Å². The fourth-order valence-electron chi connectivity index (χ4n) is 0.106. The molecular formula is C3H7NO5. The monoisotopic (exact) mass is 137 g/mol. The number of carbonyl (C=O) groups is 2. The van der Waals surface area contributed by atoms with E-state index in [9.17, 15) is 9.59 Å². The van der Waals surface area contributed by atoms with Gasteiger partial charge in [-0.25, -0.2) is 9.59 Å². The number of rotatable bonds is 2. The maximum atomic E-state index is 9.51. The average Bonchev–Trinajstić information content (AvgIpc) is 1.64. The van der Waals surface area contributed by atoms with E-state index in [1.54, 1.807) is 0 Å². The van der Waals surface area contributed by atoms with E-state index < -0.39 is 18.0 Å². The van der Waals surface area contributed by atoms with Crippen molar-refractivity contribution in [1.29, 1.82) is 0 Å². The van der Waals surface area contributed by atoms with Crippen molar-refractivity contribution in [1.82, 2.24) is 6.15 Å². The van der Waals surface area contributed by atoms with E-state index in [1.807, 2.05) is 0 Å². The first-order chi connectivity index (χ1) is 3.55. The molecule has 0 bridgehead atoms. The molecule has 6 N–H and O–H groups in total. The van der Waals surface area contributed by atoms with Gasteiger partial charge in [-0.2, -0.15) is 0 Å². The van der Waals surface area contributed by atoms with Gasteiger partial charge in [0, 0.05) is 0 Å². The van der Waals surface area contributed by atoms with Crippen LogP contribution in [0, 0.1) is 0 Å². The highest BCUT2D eigenvalue weighted by molar-refractivity contribution is 5.95. The molecule has 0 unspecified atom stereocenters. The van der Waals surface area contributed by atoms with Gasteiger partial charge in [-0.05, 0) is 0 Å². The van der Waals surface area contributed by atoms with Gasteiger partial charge in [0.1, 0.15) is 0 Å². The van der Waals surface area contributed by atoms with Crippen LogP contribution < -0.4 is 6.15 Å². The topological polar surface area (TPSA) is 130 Å². The van der Waals surface area contributed by atoms with Crippen molar-refractivity contribution >= 4 is 11.9 Å². The molecule has 0 heterocycles. The Morgan fingerprint density at radius 2 is 1.33 bits per heavy atom. The molecule has 0 saturated heterocycles. The lowest BCUT2D eigenvalue weighted by Gasteiger charge is -1.93. The van der Waals surface area contributed by atoms with Crippen LogP contribution in [0.15, 0.2) is 0 Å². The predicted octanol–water partition coefficient (Wildman–Crippen LogP) is -1.32. The number of hydrogen-bond donors (Lipinski definition) is 4. The summed E-state index contributed by atoms with van der Waals surface area (Å²) in [7, 11) is 0. The van der Waals surface area contributed by atoms with E-state index in [1.165, 1.54) is 0 Å². The Labute approximate surface area is 50.3 Å². The molecule has 0 aromatic carbocycles. The lowest BCUT2D eigenvalue weighted by molar-refractivity contribution is -0.160. The number of aliphatic carboxylic acids is 2. The molecule has 0 aliphatic carbocycles. The number of aliphatic hydroxyl groups is 1. The molecule has 0 fully saturated rings. The van der Waals surface area contributed by atoms with Gasteiger partial charge in [0.05, 0.1) is 0 Å². The SMILES string of the molecule is N.O=C(O)C(O)C(=O)O. The quantitative estimate of drug-likeness (QED) is 0.349. The Balaban J connectivity index is 0. The maximum absolute atomic E-state index is 9.51. The molecule has 0 aromatic heterocycles. The summed E-state index contributed by atoms with van der Waals surface area (Å²) in [6.45, 7) is 0. The molecule has 0 radical (unpaired) electrons. The van der Waals surface area contributed by atoms with Gasteiger partial charge >= 0.3 is 11.9 Å². The van der Waals surface area contributed by atoms with Crippen molar-refractivity contribution in [3.63, 3.8) is 0 Å². The van der Waals surface area contributed by atoms with Crippen LogP contribution in [-0.2, 0) is 9.59 Å². The summed E-state index contributed by atoms with van der Waals surface area (Å²) >= 11 is 0. The molecule has 0 rings (SSSR count). The third-order valence-corrected chi connectivity index (χ3v) is 0.468. The summed E-state index contributed by atoms with van der Waals surface area (Å²) < 4.78 is 0. The fourth-order valence-corrected chi connectivity index (χ4v) is 0.106. The second-order valence-electron chi connectivity index (χ2n) is 1.08. The first-order valence-electron chi connectivity index (χ1n) is 1.69. The van der Waals surface area contributed by atoms with Crippen molar-refractivity contribution in [3.05, 3.63) is 0 Å². The number of carboxylic acids is 2. The molecular weight excluding hydrogens is 130 g/mol. The summed E-state index contributed by atoms with van der Waals surface area (Å²) in [6.07, 6.45) is -2.30. The molecule has 9 heavy (non-hydrogen) atoms. The van der Waals surface area contributed by atoms with Crippen LogP contribution in [-0.4, -0.2) is 33.4 Å². The average molecular weight is 137 g/mol. The van der Waals surface area contributed by atoms with Crippen LogP contribution in [0.2, 0.25) is 0 Å². The molecule has 0 aliphatic heterocycles. The van der Waals surface area contributed by atoms with Gasteiger partial charge in [0.15, 0.2) is 0 Å². The van der Waals surface area contributed by atoms with E-state index >= 15 is 0 Å². The highest BCUT2D eigenvalue weighted by Gasteiger charge is 2.20. The van der Waals surface area contributed by atoms with Gasteiger partial charge in [-0.1, -0.05) is 0 Å². The number of aliphatic hydroxyl groups excluding tert-OH is 1. The number of hydrogen-bond acceptors (Lipinski definition) is 4. The predicted molar refractivity (Wildman–Crippen MR) is 26.3 cm³/mol. The van der Waals surface area contributed by atoms with Crippen LogP contribution in [0.1, 0.15) is 0 Å². The summed E-state index contributed by atoms with van der Waals surface area (Å²) in [5, 5.41) is 23.4. The lowest BCUT2D eigenvalue weighted by atomic mass is 10.4. The Morgan fingerprint density at radius 1 is 1.11 bits per heavy atom. The normalized spacial score (nSPS) is 8.22. The molecule has 6 nitrogen and oxygen atoms in total. The molecule has 0 aromatic rings. The van der Waals surface area contributed by atoms with Gasteiger partial charge in [0.25, 0.3) is 0 Å². The van der Waals surface area contributed by atoms with Gasteiger partial charge in [-0.15, -0.1) is 0 Å². The zero-order chi connectivity index (χ0) is 6.73. The van der Waals surface area contributed by atoms with E-state index in [0.717, 1.165) is 0 Å². The highest BCUT2D eigenvalue weighted by atomic mass is 16.4. The van der Waals surface area contributed by atoms with Crippen LogP contribution in [0.5, 0.6) is 0 Å². The van der Waals surface area contributed by atoms with E-state index in [4.69, 9.17) is 15.3 Å². The summed E-state index contributed by atoms with van der Waals surface area (Å²) in [4.78, 5) is 19.0. The molecule has 0 amide bonds. The van der Waals surface area contributed by atoms with Crippen molar-refractivity contribution in [3.8, 4) is 0 Å². The first-order valence-corrected chi connectivity index (χ1v) is 1.69. The molecule has 6 heteroatoms. The zero-order valence-electron chi connectivity index (χ0n) is 4.44. The Kier molecular flexibility index (Phi) is 4.56. The minimum absolute atomic E-state index is 0. The summed E-state index contributed by atoms with van der Waals surface area (Å²) in [5.41, 5.74) is 0. The summed E-state index contributed by atoms with van der Waals surface area (Å²) in [6, 6.07) is 0. The minimum Gasteiger partial charge on any atom is -0.479 e. The summed E-state index contributed by atoms with van der Waals surface area (Å²) in [5.74, 6) is -3.50. The minimum atomic E-state index is -2.30. The number of carboxylic acid groups (broad SMARTS) is 2. The van der Waals surface area contributed by atoms with Crippen LogP contribution in [0.4, 0.5) is 0 Å². The fraction of sp³-hybridized carbons (Fsp3) is 0.333.